The molecule has 0 bridgehead atoms. The summed E-state index contributed by atoms with van der Waals surface area (Å²) in [5.41, 5.74) is 0. The maximum absolute atomic E-state index is 8.44. The average molecular weight is 105 g/mol. The van der Waals surface area contributed by atoms with Crippen LogP contribution in [0.25, 0.3) is 0 Å². The molecule has 0 aliphatic carbocycles. The molecular weight excluding hydrogens is 103 g/mol. The van der Waals surface area contributed by atoms with Gasteiger partial charge in [0.15, 0.2) is 0 Å². The van der Waals surface area contributed by atoms with E-state index in [0.717, 1.165) is 0 Å². The summed E-state index contributed by atoms with van der Waals surface area (Å²) in [6, 6.07) is 0. The van der Waals surface area contributed by atoms with Gasteiger partial charge in [-0.05, 0) is 0 Å². The molecule has 0 heterocycles. The van der Waals surface area contributed by atoms with Crippen LogP contribution in [-0.2, 0) is 11.4 Å². The first-order valence-electron chi connectivity index (χ1n) is 0.500. The first-order valence-corrected chi connectivity index (χ1v) is 1.50. The molecule has 34 valence electrons. The van der Waals surface area contributed by atoms with Crippen molar-refractivity contribution in [3.8, 4) is 0 Å². The van der Waals surface area contributed by atoms with Gasteiger partial charge >= 0.3 is 18.9 Å². The molecule has 0 radical (unpaired) electrons. The molecule has 0 rings (SSSR count). The molecule has 0 aromatic carbocycles. The molecule has 0 aromatic heterocycles. The van der Waals surface area contributed by atoms with Gasteiger partial charge in [-0.15, -0.1) is 11.4 Å². The fourth-order valence-electron chi connectivity index (χ4n) is 0. The summed E-state index contributed by atoms with van der Waals surface area (Å²) in [7, 11) is 0. The van der Waals surface area contributed by atoms with Crippen molar-refractivity contribution in [3.63, 3.8) is 0 Å². The van der Waals surface area contributed by atoms with Crippen molar-refractivity contribution in [2.45, 2.75) is 0 Å². The number of hydrogen-bond donors (Lipinski definition) is 0. The fourth-order valence-corrected chi connectivity index (χ4v) is 0. The standard InChI is InChI=1S/Li.H2O3S.H2O/c;1-4(2)3;/h;(H2,1,2,3);1H2/q+1;;/p-2. The molecule has 0 fully saturated rings. The van der Waals surface area contributed by atoms with E-state index in [1.807, 2.05) is 0 Å². The summed E-state index contributed by atoms with van der Waals surface area (Å²) < 4.78 is 25.3. The van der Waals surface area contributed by atoms with E-state index < -0.39 is 11.4 Å². The number of rotatable bonds is 0. The van der Waals surface area contributed by atoms with E-state index in [0.29, 0.717) is 0 Å². The first-order chi connectivity index (χ1) is 1.73. The Morgan fingerprint density at radius 2 is 1.33 bits per heavy atom. The normalized spacial score (nSPS) is 5.83. The summed E-state index contributed by atoms with van der Waals surface area (Å²) in [6.07, 6.45) is 0. The molecule has 0 saturated carbocycles. The van der Waals surface area contributed by atoms with Gasteiger partial charge in [0.1, 0.15) is 0 Å². The first kappa shape index (κ1) is 16.0. The molecular formula is H2LiO4S-. The van der Waals surface area contributed by atoms with Gasteiger partial charge in [0.2, 0.25) is 0 Å². The van der Waals surface area contributed by atoms with Gasteiger partial charge in [-0.3, -0.25) is 4.21 Å². The average Bonchev–Trinajstić information content (AvgIpc) is 0.811. The Bertz CT molecular complexity index is 30.5. The van der Waals surface area contributed by atoms with E-state index in [4.69, 9.17) is 13.3 Å². The van der Waals surface area contributed by atoms with Gasteiger partial charge in [0.05, 0.1) is 0 Å². The second-order valence-electron chi connectivity index (χ2n) is 0.204. The Hall–Kier alpha value is 0.627. The molecule has 0 unspecified atom stereocenters. The summed E-state index contributed by atoms with van der Waals surface area (Å²) in [4.78, 5) is 0. The van der Waals surface area contributed by atoms with Crippen LogP contribution in [0, 0.1) is 0 Å². The minimum Gasteiger partial charge on any atom is -0.784 e. The predicted octanol–water partition coefficient (Wildman–Crippen LogP) is -4.82. The van der Waals surface area contributed by atoms with Crippen LogP contribution < -0.4 is 18.9 Å². The predicted molar refractivity (Wildman–Crippen MR) is 13.3 cm³/mol. The zero-order valence-electron chi connectivity index (χ0n) is 3.13. The Labute approximate surface area is 49.5 Å². The van der Waals surface area contributed by atoms with E-state index in [2.05, 4.69) is 0 Å². The summed E-state index contributed by atoms with van der Waals surface area (Å²) >= 11 is -3.11. The van der Waals surface area contributed by atoms with E-state index in [-0.39, 0.29) is 24.3 Å². The molecule has 0 aliphatic rings. The topological polar surface area (TPSA) is 94.7 Å². The van der Waals surface area contributed by atoms with Crippen molar-refractivity contribution < 1.29 is 37.7 Å². The van der Waals surface area contributed by atoms with Gasteiger partial charge in [-0.1, -0.05) is 0 Å². The molecule has 0 amide bonds. The van der Waals surface area contributed by atoms with Crippen molar-refractivity contribution >= 4 is 11.4 Å². The number of hydrogen-bond acceptors (Lipinski definition) is 3. The zero-order valence-corrected chi connectivity index (χ0v) is 3.95. The third kappa shape index (κ3) is 155. The Morgan fingerprint density at radius 3 is 1.33 bits per heavy atom. The van der Waals surface area contributed by atoms with Gasteiger partial charge < -0.3 is 14.6 Å². The van der Waals surface area contributed by atoms with Crippen LogP contribution in [0.4, 0.5) is 0 Å². The Kier molecular flexibility index (Phi) is 24.3. The third-order valence-corrected chi connectivity index (χ3v) is 0. The molecule has 2 N–H and O–H groups in total. The molecule has 0 spiro atoms. The van der Waals surface area contributed by atoms with Crippen molar-refractivity contribution in [2.24, 2.45) is 0 Å². The fraction of sp³-hybridized carbons (Fsp3) is 0. The van der Waals surface area contributed by atoms with Gasteiger partial charge in [-0.2, -0.15) is 0 Å². The quantitative estimate of drug-likeness (QED) is 0.228. The van der Waals surface area contributed by atoms with Crippen molar-refractivity contribution in [3.05, 3.63) is 0 Å². The van der Waals surface area contributed by atoms with E-state index in [9.17, 15) is 0 Å². The molecule has 0 saturated heterocycles. The van der Waals surface area contributed by atoms with Crippen LogP contribution in [0.2, 0.25) is 0 Å². The molecule has 0 atom stereocenters. The maximum Gasteiger partial charge on any atom is 1.00 e. The van der Waals surface area contributed by atoms with Crippen molar-refractivity contribution in [1.82, 2.24) is 0 Å². The van der Waals surface area contributed by atoms with Gasteiger partial charge in [-0.25, -0.2) is 0 Å². The molecule has 0 aromatic rings. The summed E-state index contributed by atoms with van der Waals surface area (Å²) in [5, 5.41) is 0. The third-order valence-electron chi connectivity index (χ3n) is 0. The largest absolute Gasteiger partial charge is 1.00 e. The monoisotopic (exact) mass is 105 g/mol. The van der Waals surface area contributed by atoms with E-state index >= 15 is 0 Å². The second kappa shape index (κ2) is 9.16. The minimum atomic E-state index is -3.11. The van der Waals surface area contributed by atoms with Crippen LogP contribution in [0.5, 0.6) is 0 Å². The zero-order chi connectivity index (χ0) is 3.58. The van der Waals surface area contributed by atoms with Crippen LogP contribution in [-0.4, -0.2) is 18.8 Å². The van der Waals surface area contributed by atoms with Crippen LogP contribution in [0.15, 0.2) is 0 Å². The second-order valence-corrected chi connectivity index (χ2v) is 0.612. The van der Waals surface area contributed by atoms with Gasteiger partial charge in [0.25, 0.3) is 0 Å². The van der Waals surface area contributed by atoms with E-state index in [1.54, 1.807) is 0 Å². The Balaban J connectivity index is -0.0000000450. The molecule has 6 heavy (non-hydrogen) atoms. The maximum atomic E-state index is 8.44. The smallest absolute Gasteiger partial charge is 0.784 e. The molecule has 6 heteroatoms. The minimum absolute atomic E-state index is 0. The Morgan fingerprint density at radius 1 is 1.33 bits per heavy atom. The molecule has 4 nitrogen and oxygen atoms in total. The van der Waals surface area contributed by atoms with Crippen LogP contribution >= 0.6 is 0 Å². The van der Waals surface area contributed by atoms with E-state index in [1.165, 1.54) is 0 Å². The van der Waals surface area contributed by atoms with Crippen LogP contribution in [0.3, 0.4) is 0 Å². The van der Waals surface area contributed by atoms with Crippen LogP contribution in [0.1, 0.15) is 0 Å². The van der Waals surface area contributed by atoms with Crippen molar-refractivity contribution in [1.29, 1.82) is 0 Å². The SMILES string of the molecule is O.O=S([O-])[O-].[Li+]. The van der Waals surface area contributed by atoms with Gasteiger partial charge in [0, 0.05) is 0 Å². The molecule has 0 aliphatic heterocycles. The summed E-state index contributed by atoms with van der Waals surface area (Å²) in [5.74, 6) is 0. The summed E-state index contributed by atoms with van der Waals surface area (Å²) in [6.45, 7) is 0. The van der Waals surface area contributed by atoms with Crippen molar-refractivity contribution in [2.75, 3.05) is 0 Å².